The fourth-order valence-electron chi connectivity index (χ4n) is 2.16. The van der Waals surface area contributed by atoms with Gasteiger partial charge in [-0.1, -0.05) is 17.7 Å². The molecular formula is C14H19ClN2O2. The quantitative estimate of drug-likeness (QED) is 0.845. The van der Waals surface area contributed by atoms with Crippen molar-refractivity contribution in [2.24, 2.45) is 0 Å². The highest BCUT2D eigenvalue weighted by molar-refractivity contribution is 6.32. The standard InChI is InChI=1S/C14H19ClN2O2/c1-16-5-7-17(8-6-16)14(18)10-11-3-4-13(19-2)12(15)9-11/h3-4,9H,5-8,10H2,1-2H3. The number of piperazine rings is 1. The molecule has 19 heavy (non-hydrogen) atoms. The fraction of sp³-hybridized carbons (Fsp3) is 0.500. The topological polar surface area (TPSA) is 32.8 Å². The van der Waals surface area contributed by atoms with Crippen LogP contribution in [0.2, 0.25) is 5.02 Å². The Balaban J connectivity index is 1.97. The van der Waals surface area contributed by atoms with Crippen LogP contribution in [0, 0.1) is 0 Å². The number of amides is 1. The first kappa shape index (κ1) is 14.2. The average Bonchev–Trinajstić information content (AvgIpc) is 2.39. The highest BCUT2D eigenvalue weighted by Gasteiger charge is 2.19. The highest BCUT2D eigenvalue weighted by Crippen LogP contribution is 2.25. The van der Waals surface area contributed by atoms with Crippen LogP contribution in [0.4, 0.5) is 0 Å². The first-order valence-electron chi connectivity index (χ1n) is 6.39. The van der Waals surface area contributed by atoms with E-state index < -0.39 is 0 Å². The number of hydrogen-bond donors (Lipinski definition) is 0. The van der Waals surface area contributed by atoms with Gasteiger partial charge >= 0.3 is 0 Å². The second-order valence-corrected chi connectivity index (χ2v) is 5.24. The van der Waals surface area contributed by atoms with Gasteiger partial charge in [0.25, 0.3) is 0 Å². The molecule has 1 aliphatic heterocycles. The molecule has 104 valence electrons. The fourth-order valence-corrected chi connectivity index (χ4v) is 2.44. The summed E-state index contributed by atoms with van der Waals surface area (Å²) in [6.45, 7) is 3.49. The SMILES string of the molecule is COc1ccc(CC(=O)N2CCN(C)CC2)cc1Cl. The molecule has 0 unspecified atom stereocenters. The van der Waals surface area contributed by atoms with E-state index in [2.05, 4.69) is 11.9 Å². The Labute approximate surface area is 118 Å². The first-order valence-corrected chi connectivity index (χ1v) is 6.76. The number of carbonyl (C=O) groups excluding carboxylic acids is 1. The number of hydrogen-bond acceptors (Lipinski definition) is 3. The monoisotopic (exact) mass is 282 g/mol. The number of halogens is 1. The van der Waals surface area contributed by atoms with Crippen LogP contribution in [0.25, 0.3) is 0 Å². The Kier molecular flexibility index (Phi) is 4.66. The van der Waals surface area contributed by atoms with Gasteiger partial charge in [-0.05, 0) is 24.7 Å². The zero-order valence-corrected chi connectivity index (χ0v) is 12.1. The minimum absolute atomic E-state index is 0.161. The molecule has 1 amide bonds. The lowest BCUT2D eigenvalue weighted by Gasteiger charge is -2.32. The number of likely N-dealkylation sites (N-methyl/N-ethyl adjacent to an activating group) is 1. The third-order valence-corrected chi connectivity index (χ3v) is 3.72. The summed E-state index contributed by atoms with van der Waals surface area (Å²) in [6.07, 6.45) is 0.396. The summed E-state index contributed by atoms with van der Waals surface area (Å²) in [5, 5.41) is 0.547. The van der Waals surface area contributed by atoms with Crippen molar-refractivity contribution in [3.63, 3.8) is 0 Å². The van der Waals surface area contributed by atoms with E-state index in [0.29, 0.717) is 17.2 Å². The van der Waals surface area contributed by atoms with Crippen molar-refractivity contribution in [3.8, 4) is 5.75 Å². The van der Waals surface area contributed by atoms with Crippen molar-refractivity contribution in [3.05, 3.63) is 28.8 Å². The van der Waals surface area contributed by atoms with Crippen molar-refractivity contribution in [1.29, 1.82) is 0 Å². The molecule has 0 aromatic heterocycles. The molecule has 0 spiro atoms. The summed E-state index contributed by atoms with van der Waals surface area (Å²) in [6, 6.07) is 5.49. The third kappa shape index (κ3) is 3.61. The van der Waals surface area contributed by atoms with Gasteiger partial charge in [-0.3, -0.25) is 4.79 Å². The van der Waals surface area contributed by atoms with Gasteiger partial charge in [0.05, 0.1) is 18.6 Å². The molecule has 1 heterocycles. The van der Waals surface area contributed by atoms with Crippen LogP contribution in [0.1, 0.15) is 5.56 Å². The summed E-state index contributed by atoms with van der Waals surface area (Å²) in [5.74, 6) is 0.798. The van der Waals surface area contributed by atoms with E-state index in [1.165, 1.54) is 0 Å². The van der Waals surface area contributed by atoms with Gasteiger partial charge in [-0.25, -0.2) is 0 Å². The Morgan fingerprint density at radius 2 is 2.00 bits per heavy atom. The van der Waals surface area contributed by atoms with Gasteiger partial charge < -0.3 is 14.5 Å². The number of nitrogens with zero attached hydrogens (tertiary/aromatic N) is 2. The smallest absolute Gasteiger partial charge is 0.227 e. The maximum Gasteiger partial charge on any atom is 0.227 e. The molecular weight excluding hydrogens is 264 g/mol. The van der Waals surface area contributed by atoms with Crippen LogP contribution in [-0.2, 0) is 11.2 Å². The molecule has 0 aliphatic carbocycles. The van der Waals surface area contributed by atoms with Crippen LogP contribution in [0.15, 0.2) is 18.2 Å². The Morgan fingerprint density at radius 3 is 2.58 bits per heavy atom. The van der Waals surface area contributed by atoms with E-state index in [4.69, 9.17) is 16.3 Å². The van der Waals surface area contributed by atoms with Gasteiger partial charge in [-0.15, -0.1) is 0 Å². The lowest BCUT2D eigenvalue weighted by atomic mass is 10.1. The average molecular weight is 283 g/mol. The summed E-state index contributed by atoms with van der Waals surface area (Å²) >= 11 is 6.06. The van der Waals surface area contributed by atoms with Crippen LogP contribution in [0.3, 0.4) is 0 Å². The molecule has 1 aromatic carbocycles. The minimum atomic E-state index is 0.161. The second kappa shape index (κ2) is 6.26. The molecule has 2 rings (SSSR count). The molecule has 5 heteroatoms. The molecule has 0 saturated carbocycles. The van der Waals surface area contributed by atoms with Crippen molar-refractivity contribution in [2.45, 2.75) is 6.42 Å². The Hall–Kier alpha value is -1.26. The predicted molar refractivity (Wildman–Crippen MR) is 75.8 cm³/mol. The van der Waals surface area contributed by atoms with E-state index >= 15 is 0 Å². The van der Waals surface area contributed by atoms with E-state index in [1.807, 2.05) is 11.0 Å². The number of benzene rings is 1. The van der Waals surface area contributed by atoms with Gasteiger partial charge in [0.1, 0.15) is 5.75 Å². The summed E-state index contributed by atoms with van der Waals surface area (Å²) in [5.41, 5.74) is 0.926. The van der Waals surface area contributed by atoms with Crippen LogP contribution in [0.5, 0.6) is 5.75 Å². The molecule has 0 bridgehead atoms. The molecule has 0 radical (unpaired) electrons. The Morgan fingerprint density at radius 1 is 1.32 bits per heavy atom. The number of rotatable bonds is 3. The number of carbonyl (C=O) groups is 1. The minimum Gasteiger partial charge on any atom is -0.495 e. The molecule has 0 atom stereocenters. The second-order valence-electron chi connectivity index (χ2n) is 4.83. The number of methoxy groups -OCH3 is 1. The molecule has 1 aliphatic rings. The summed E-state index contributed by atoms with van der Waals surface area (Å²) in [4.78, 5) is 16.3. The third-order valence-electron chi connectivity index (χ3n) is 3.43. The van der Waals surface area contributed by atoms with Gasteiger partial charge in [0.2, 0.25) is 5.91 Å². The number of ether oxygens (including phenoxy) is 1. The molecule has 1 aromatic rings. The largest absolute Gasteiger partial charge is 0.495 e. The van der Waals surface area contributed by atoms with E-state index in [-0.39, 0.29) is 5.91 Å². The zero-order chi connectivity index (χ0) is 13.8. The van der Waals surface area contributed by atoms with Gasteiger partial charge in [0, 0.05) is 26.2 Å². The zero-order valence-electron chi connectivity index (χ0n) is 11.4. The summed E-state index contributed by atoms with van der Waals surface area (Å²) < 4.78 is 5.10. The van der Waals surface area contributed by atoms with Crippen molar-refractivity contribution < 1.29 is 9.53 Å². The first-order chi connectivity index (χ1) is 9.10. The lowest BCUT2D eigenvalue weighted by molar-refractivity contribution is -0.132. The molecule has 1 saturated heterocycles. The maximum atomic E-state index is 12.2. The highest BCUT2D eigenvalue weighted by atomic mass is 35.5. The molecule has 4 nitrogen and oxygen atoms in total. The van der Waals surface area contributed by atoms with Crippen molar-refractivity contribution in [2.75, 3.05) is 40.3 Å². The molecule has 1 fully saturated rings. The normalized spacial score (nSPS) is 16.5. The maximum absolute atomic E-state index is 12.2. The van der Waals surface area contributed by atoms with Crippen LogP contribution < -0.4 is 4.74 Å². The molecule has 0 N–H and O–H groups in total. The van der Waals surface area contributed by atoms with Crippen LogP contribution >= 0.6 is 11.6 Å². The predicted octanol–water partition coefficient (Wildman–Crippen LogP) is 1.67. The Bertz CT molecular complexity index is 457. The summed E-state index contributed by atoms with van der Waals surface area (Å²) in [7, 11) is 3.65. The van der Waals surface area contributed by atoms with E-state index in [9.17, 15) is 4.79 Å². The van der Waals surface area contributed by atoms with Gasteiger partial charge in [-0.2, -0.15) is 0 Å². The lowest BCUT2D eigenvalue weighted by Crippen LogP contribution is -2.47. The van der Waals surface area contributed by atoms with Crippen molar-refractivity contribution in [1.82, 2.24) is 9.80 Å². The van der Waals surface area contributed by atoms with E-state index in [0.717, 1.165) is 31.7 Å². The van der Waals surface area contributed by atoms with Crippen molar-refractivity contribution >= 4 is 17.5 Å². The van der Waals surface area contributed by atoms with E-state index in [1.54, 1.807) is 19.2 Å². The van der Waals surface area contributed by atoms with Crippen LogP contribution in [-0.4, -0.2) is 56.0 Å². The van der Waals surface area contributed by atoms with Gasteiger partial charge in [0.15, 0.2) is 0 Å².